The lowest BCUT2D eigenvalue weighted by atomic mass is 10.1. The summed E-state index contributed by atoms with van der Waals surface area (Å²) in [6.45, 7) is 7.25. The molecule has 0 atom stereocenters. The van der Waals surface area contributed by atoms with Gasteiger partial charge in [0.25, 0.3) is 0 Å². The number of hydrogen-bond donors (Lipinski definition) is 1. The highest BCUT2D eigenvalue weighted by molar-refractivity contribution is 6.30. The first kappa shape index (κ1) is 12.7. The van der Waals surface area contributed by atoms with Crippen LogP contribution in [0.5, 0.6) is 0 Å². The van der Waals surface area contributed by atoms with Gasteiger partial charge in [0, 0.05) is 30.3 Å². The van der Waals surface area contributed by atoms with Crippen molar-refractivity contribution in [2.45, 2.75) is 26.0 Å². The molecule has 17 heavy (non-hydrogen) atoms. The molecule has 1 aromatic carbocycles. The largest absolute Gasteiger partial charge is 0.372 e. The van der Waals surface area contributed by atoms with Gasteiger partial charge in [-0.25, -0.2) is 0 Å². The van der Waals surface area contributed by atoms with Gasteiger partial charge in [-0.3, -0.25) is 0 Å². The van der Waals surface area contributed by atoms with E-state index in [1.807, 2.05) is 18.2 Å². The number of benzene rings is 1. The lowest BCUT2D eigenvalue weighted by molar-refractivity contribution is -0.0277. The van der Waals surface area contributed by atoms with Crippen molar-refractivity contribution in [3.8, 4) is 0 Å². The van der Waals surface area contributed by atoms with Gasteiger partial charge in [-0.05, 0) is 37.6 Å². The smallest absolute Gasteiger partial charge is 0.0801 e. The highest BCUT2D eigenvalue weighted by Crippen LogP contribution is 2.28. The van der Waals surface area contributed by atoms with E-state index in [1.54, 1.807) is 0 Å². The zero-order valence-electron chi connectivity index (χ0n) is 10.4. The molecule has 1 fully saturated rings. The van der Waals surface area contributed by atoms with Gasteiger partial charge in [0.05, 0.1) is 12.2 Å². The van der Waals surface area contributed by atoms with Gasteiger partial charge >= 0.3 is 0 Å². The van der Waals surface area contributed by atoms with Gasteiger partial charge in [0.2, 0.25) is 0 Å². The molecule has 1 saturated heterocycles. The van der Waals surface area contributed by atoms with E-state index in [4.69, 9.17) is 22.1 Å². The minimum Gasteiger partial charge on any atom is -0.372 e. The van der Waals surface area contributed by atoms with Crippen LogP contribution in [0.1, 0.15) is 19.4 Å². The Morgan fingerprint density at radius 2 is 2.24 bits per heavy atom. The molecular weight excluding hydrogens is 236 g/mol. The average molecular weight is 255 g/mol. The predicted octanol–water partition coefficient (Wildman–Crippen LogP) is 2.41. The van der Waals surface area contributed by atoms with E-state index in [-0.39, 0.29) is 5.60 Å². The Balaban J connectivity index is 2.27. The van der Waals surface area contributed by atoms with Crippen LogP contribution in [0.4, 0.5) is 5.69 Å². The summed E-state index contributed by atoms with van der Waals surface area (Å²) >= 11 is 5.99. The molecule has 0 bridgehead atoms. The number of nitrogens with two attached hydrogens (primary N) is 1. The van der Waals surface area contributed by atoms with E-state index in [0.29, 0.717) is 6.54 Å². The predicted molar refractivity (Wildman–Crippen MR) is 71.6 cm³/mol. The summed E-state index contributed by atoms with van der Waals surface area (Å²) in [6.07, 6.45) is 0. The molecule has 0 saturated carbocycles. The van der Waals surface area contributed by atoms with Crippen molar-refractivity contribution in [2.75, 3.05) is 24.6 Å². The second kappa shape index (κ2) is 4.84. The van der Waals surface area contributed by atoms with Gasteiger partial charge < -0.3 is 15.4 Å². The van der Waals surface area contributed by atoms with E-state index >= 15 is 0 Å². The van der Waals surface area contributed by atoms with E-state index in [9.17, 15) is 0 Å². The highest BCUT2D eigenvalue weighted by Gasteiger charge is 2.28. The maximum atomic E-state index is 5.99. The number of anilines is 1. The molecule has 1 heterocycles. The average Bonchev–Trinajstić information content (AvgIpc) is 2.27. The quantitative estimate of drug-likeness (QED) is 0.881. The highest BCUT2D eigenvalue weighted by atomic mass is 35.5. The fraction of sp³-hybridized carbons (Fsp3) is 0.538. The summed E-state index contributed by atoms with van der Waals surface area (Å²) in [6, 6.07) is 5.91. The summed E-state index contributed by atoms with van der Waals surface area (Å²) < 4.78 is 5.72. The molecule has 0 aromatic heterocycles. The molecule has 1 aliphatic heterocycles. The van der Waals surface area contributed by atoms with Crippen molar-refractivity contribution in [1.82, 2.24) is 0 Å². The van der Waals surface area contributed by atoms with Crippen LogP contribution < -0.4 is 10.6 Å². The molecule has 2 N–H and O–H groups in total. The van der Waals surface area contributed by atoms with Crippen molar-refractivity contribution in [3.63, 3.8) is 0 Å². The number of morpholine rings is 1. The molecule has 94 valence electrons. The maximum absolute atomic E-state index is 5.99. The van der Waals surface area contributed by atoms with Gasteiger partial charge in [-0.2, -0.15) is 0 Å². The Morgan fingerprint density at radius 1 is 1.47 bits per heavy atom. The lowest BCUT2D eigenvalue weighted by Gasteiger charge is -2.40. The monoisotopic (exact) mass is 254 g/mol. The van der Waals surface area contributed by atoms with Gasteiger partial charge in [-0.1, -0.05) is 11.6 Å². The van der Waals surface area contributed by atoms with Crippen LogP contribution >= 0.6 is 11.6 Å². The molecule has 4 heteroatoms. The van der Waals surface area contributed by atoms with Crippen LogP contribution in [-0.2, 0) is 11.3 Å². The standard InChI is InChI=1S/C13H19ClN2O/c1-13(2)9-16(5-6-17-13)12-4-3-11(14)7-10(12)8-15/h3-4,7H,5-6,8-9,15H2,1-2H3. The van der Waals surface area contributed by atoms with Crippen LogP contribution in [0.15, 0.2) is 18.2 Å². The first-order chi connectivity index (χ1) is 8.02. The molecule has 0 spiro atoms. The number of rotatable bonds is 2. The first-order valence-electron chi connectivity index (χ1n) is 5.89. The second-order valence-electron chi connectivity index (χ2n) is 5.01. The summed E-state index contributed by atoms with van der Waals surface area (Å²) in [5.41, 5.74) is 7.94. The molecule has 0 unspecified atom stereocenters. The normalized spacial score (nSPS) is 19.4. The van der Waals surface area contributed by atoms with Crippen LogP contribution in [0.2, 0.25) is 5.02 Å². The summed E-state index contributed by atoms with van der Waals surface area (Å²) in [7, 11) is 0. The van der Waals surface area contributed by atoms with Crippen molar-refractivity contribution >= 4 is 17.3 Å². The maximum Gasteiger partial charge on any atom is 0.0801 e. The van der Waals surface area contributed by atoms with Crippen molar-refractivity contribution in [2.24, 2.45) is 5.73 Å². The number of ether oxygens (including phenoxy) is 1. The molecule has 2 rings (SSSR count). The fourth-order valence-corrected chi connectivity index (χ4v) is 2.44. The zero-order chi connectivity index (χ0) is 12.5. The number of hydrogen-bond acceptors (Lipinski definition) is 3. The molecule has 0 radical (unpaired) electrons. The SMILES string of the molecule is CC1(C)CN(c2ccc(Cl)cc2CN)CCO1. The molecule has 0 amide bonds. The third kappa shape index (κ3) is 2.92. The van der Waals surface area contributed by atoms with E-state index in [1.165, 1.54) is 5.69 Å². The van der Waals surface area contributed by atoms with Gasteiger partial charge in [0.1, 0.15) is 0 Å². The summed E-state index contributed by atoms with van der Waals surface area (Å²) in [5.74, 6) is 0. The number of nitrogens with zero attached hydrogens (tertiary/aromatic N) is 1. The van der Waals surface area contributed by atoms with E-state index in [0.717, 1.165) is 30.3 Å². The summed E-state index contributed by atoms with van der Waals surface area (Å²) in [5, 5.41) is 0.738. The topological polar surface area (TPSA) is 38.5 Å². The zero-order valence-corrected chi connectivity index (χ0v) is 11.1. The van der Waals surface area contributed by atoms with Crippen LogP contribution in [0, 0.1) is 0 Å². The van der Waals surface area contributed by atoms with E-state index < -0.39 is 0 Å². The molecule has 1 aliphatic rings. The van der Waals surface area contributed by atoms with Crippen molar-refractivity contribution in [3.05, 3.63) is 28.8 Å². The summed E-state index contributed by atoms with van der Waals surface area (Å²) in [4.78, 5) is 2.32. The third-order valence-electron chi connectivity index (χ3n) is 3.03. The third-order valence-corrected chi connectivity index (χ3v) is 3.26. The Kier molecular flexibility index (Phi) is 3.61. The Hall–Kier alpha value is -0.770. The lowest BCUT2D eigenvalue weighted by Crippen LogP contribution is -2.48. The van der Waals surface area contributed by atoms with Gasteiger partial charge in [0.15, 0.2) is 0 Å². The Labute approximate surface area is 107 Å². The second-order valence-corrected chi connectivity index (χ2v) is 5.44. The molecule has 1 aromatic rings. The van der Waals surface area contributed by atoms with Crippen LogP contribution in [0.3, 0.4) is 0 Å². The number of halogens is 1. The minimum absolute atomic E-state index is 0.107. The Morgan fingerprint density at radius 3 is 2.88 bits per heavy atom. The van der Waals surface area contributed by atoms with Crippen molar-refractivity contribution in [1.29, 1.82) is 0 Å². The first-order valence-corrected chi connectivity index (χ1v) is 6.27. The van der Waals surface area contributed by atoms with Crippen LogP contribution in [0.25, 0.3) is 0 Å². The Bertz CT molecular complexity index is 406. The minimum atomic E-state index is -0.107. The van der Waals surface area contributed by atoms with Crippen LogP contribution in [-0.4, -0.2) is 25.3 Å². The van der Waals surface area contributed by atoms with E-state index in [2.05, 4.69) is 18.7 Å². The molecule has 3 nitrogen and oxygen atoms in total. The fourth-order valence-electron chi connectivity index (χ4n) is 2.25. The van der Waals surface area contributed by atoms with Gasteiger partial charge in [-0.15, -0.1) is 0 Å². The molecular formula is C13H19ClN2O. The molecule has 0 aliphatic carbocycles. The van der Waals surface area contributed by atoms with Crippen molar-refractivity contribution < 1.29 is 4.74 Å².